The molecule has 2 aromatic carbocycles. The van der Waals surface area contributed by atoms with Crippen LogP contribution in [0.3, 0.4) is 0 Å². The summed E-state index contributed by atoms with van der Waals surface area (Å²) in [5.74, 6) is 2.98. The van der Waals surface area contributed by atoms with Crippen LogP contribution in [0.5, 0.6) is 17.2 Å². The monoisotopic (exact) mass is 413 g/mol. The maximum absolute atomic E-state index is 12.7. The number of para-hydroxylation sites is 1. The van der Waals surface area contributed by atoms with Gasteiger partial charge in [0, 0.05) is 6.54 Å². The number of hydrogen-bond acceptors (Lipinski definition) is 4. The lowest BCUT2D eigenvalue weighted by Crippen LogP contribution is -2.23. The van der Waals surface area contributed by atoms with Gasteiger partial charge in [-0.3, -0.25) is 4.79 Å². The Kier molecular flexibility index (Phi) is 9.52. The lowest BCUT2D eigenvalue weighted by molar-refractivity contribution is 0.0946. The number of rotatable bonds is 12. The van der Waals surface area contributed by atoms with Crippen molar-refractivity contribution in [3.05, 3.63) is 53.6 Å². The van der Waals surface area contributed by atoms with Gasteiger partial charge in [0.2, 0.25) is 0 Å². The molecule has 164 valence electrons. The van der Waals surface area contributed by atoms with E-state index in [1.54, 1.807) is 13.2 Å². The van der Waals surface area contributed by atoms with Crippen molar-refractivity contribution in [2.24, 2.45) is 11.8 Å². The summed E-state index contributed by atoms with van der Waals surface area (Å²) in [7, 11) is 1.62. The molecule has 2 aromatic rings. The molecule has 1 amide bonds. The van der Waals surface area contributed by atoms with Gasteiger partial charge in [-0.1, -0.05) is 45.9 Å². The molecular weight excluding hydrogens is 378 g/mol. The van der Waals surface area contributed by atoms with E-state index >= 15 is 0 Å². The molecule has 0 aliphatic rings. The van der Waals surface area contributed by atoms with Gasteiger partial charge in [-0.15, -0.1) is 0 Å². The van der Waals surface area contributed by atoms with Gasteiger partial charge >= 0.3 is 0 Å². The van der Waals surface area contributed by atoms with E-state index in [-0.39, 0.29) is 5.91 Å². The Bertz CT molecular complexity index is 801. The molecule has 0 saturated carbocycles. The summed E-state index contributed by atoms with van der Waals surface area (Å²) < 4.78 is 17.1. The minimum Gasteiger partial charge on any atom is -0.493 e. The van der Waals surface area contributed by atoms with Crippen LogP contribution in [-0.4, -0.2) is 26.2 Å². The summed E-state index contributed by atoms with van der Waals surface area (Å²) in [6.45, 7) is 10.3. The van der Waals surface area contributed by atoms with Crippen LogP contribution in [0, 0.1) is 11.8 Å². The normalized spacial score (nSPS) is 10.9. The second kappa shape index (κ2) is 12.1. The minimum absolute atomic E-state index is 0.161. The van der Waals surface area contributed by atoms with Gasteiger partial charge in [-0.25, -0.2) is 0 Å². The van der Waals surface area contributed by atoms with Gasteiger partial charge < -0.3 is 19.5 Å². The van der Waals surface area contributed by atoms with Crippen LogP contribution in [0.1, 0.15) is 56.5 Å². The quantitative estimate of drug-likeness (QED) is 0.501. The summed E-state index contributed by atoms with van der Waals surface area (Å²) in [6, 6.07) is 13.1. The van der Waals surface area contributed by atoms with E-state index in [2.05, 4.69) is 33.0 Å². The van der Waals surface area contributed by atoms with Crippen molar-refractivity contribution in [1.82, 2.24) is 5.32 Å². The third kappa shape index (κ3) is 7.62. The van der Waals surface area contributed by atoms with Crippen LogP contribution in [0.4, 0.5) is 0 Å². The topological polar surface area (TPSA) is 56.8 Å². The van der Waals surface area contributed by atoms with Crippen LogP contribution in [0.15, 0.2) is 42.5 Å². The maximum Gasteiger partial charge on any atom is 0.255 e. The van der Waals surface area contributed by atoms with E-state index in [4.69, 9.17) is 14.2 Å². The molecule has 0 radical (unpaired) electrons. The third-order valence-electron chi connectivity index (χ3n) is 4.72. The first-order chi connectivity index (χ1) is 14.4. The number of benzene rings is 2. The number of hydrogen-bond donors (Lipinski definition) is 1. The summed E-state index contributed by atoms with van der Waals surface area (Å²) in [4.78, 5) is 12.7. The molecule has 0 heterocycles. The van der Waals surface area contributed by atoms with Crippen molar-refractivity contribution in [2.45, 2.75) is 47.1 Å². The first kappa shape index (κ1) is 23.6. The van der Waals surface area contributed by atoms with E-state index in [1.165, 1.54) is 0 Å². The van der Waals surface area contributed by atoms with Crippen LogP contribution in [0.2, 0.25) is 0 Å². The summed E-state index contributed by atoms with van der Waals surface area (Å²) in [5.41, 5.74) is 1.48. The van der Waals surface area contributed by atoms with Crippen LogP contribution in [-0.2, 0) is 6.54 Å². The maximum atomic E-state index is 12.7. The van der Waals surface area contributed by atoms with Crippen molar-refractivity contribution in [2.75, 3.05) is 20.3 Å². The standard InChI is InChI=1S/C25H35NO4/c1-18(2)12-14-29-22-9-7-6-8-21(22)25(27)26-17-20-10-11-23(24(16-20)28-5)30-15-13-19(3)4/h6-11,16,18-19H,12-15,17H2,1-5H3,(H,26,27). The van der Waals surface area contributed by atoms with Crippen molar-refractivity contribution >= 4 is 5.91 Å². The van der Waals surface area contributed by atoms with Crippen LogP contribution < -0.4 is 19.5 Å². The fraction of sp³-hybridized carbons (Fsp3) is 0.480. The number of carbonyl (C=O) groups is 1. The predicted molar refractivity (Wildman–Crippen MR) is 121 cm³/mol. The Hall–Kier alpha value is -2.69. The second-order valence-electron chi connectivity index (χ2n) is 8.23. The fourth-order valence-electron chi connectivity index (χ4n) is 2.81. The fourth-order valence-corrected chi connectivity index (χ4v) is 2.81. The molecule has 5 nitrogen and oxygen atoms in total. The highest BCUT2D eigenvalue weighted by molar-refractivity contribution is 5.96. The Labute approximate surface area is 180 Å². The first-order valence-electron chi connectivity index (χ1n) is 10.7. The molecule has 1 N–H and O–H groups in total. The highest BCUT2D eigenvalue weighted by Gasteiger charge is 2.13. The van der Waals surface area contributed by atoms with Gasteiger partial charge in [0.05, 0.1) is 25.9 Å². The number of ether oxygens (including phenoxy) is 3. The van der Waals surface area contributed by atoms with Gasteiger partial charge in [-0.2, -0.15) is 0 Å². The molecule has 0 atom stereocenters. The van der Waals surface area contributed by atoms with E-state index < -0.39 is 0 Å². The Balaban J connectivity index is 1.97. The van der Waals surface area contributed by atoms with E-state index in [0.29, 0.717) is 48.7 Å². The molecule has 0 aromatic heterocycles. The van der Waals surface area contributed by atoms with E-state index in [0.717, 1.165) is 24.2 Å². The average Bonchev–Trinajstić information content (AvgIpc) is 2.72. The third-order valence-corrected chi connectivity index (χ3v) is 4.72. The Morgan fingerprint density at radius 1 is 0.867 bits per heavy atom. The van der Waals surface area contributed by atoms with Crippen LogP contribution in [0.25, 0.3) is 0 Å². The van der Waals surface area contributed by atoms with E-state index in [1.807, 2.05) is 36.4 Å². The molecule has 0 spiro atoms. The molecule has 2 rings (SSSR count). The molecule has 0 bridgehead atoms. The van der Waals surface area contributed by atoms with Crippen molar-refractivity contribution in [1.29, 1.82) is 0 Å². The molecule has 30 heavy (non-hydrogen) atoms. The van der Waals surface area contributed by atoms with Crippen molar-refractivity contribution < 1.29 is 19.0 Å². The largest absolute Gasteiger partial charge is 0.493 e. The summed E-state index contributed by atoms with van der Waals surface area (Å²) in [5, 5.41) is 2.97. The van der Waals surface area contributed by atoms with Gasteiger partial charge in [-0.05, 0) is 54.5 Å². The smallest absolute Gasteiger partial charge is 0.255 e. The first-order valence-corrected chi connectivity index (χ1v) is 10.7. The lowest BCUT2D eigenvalue weighted by Gasteiger charge is -2.14. The van der Waals surface area contributed by atoms with Gasteiger partial charge in [0.1, 0.15) is 5.75 Å². The number of nitrogens with one attached hydrogen (secondary N) is 1. The Morgan fingerprint density at radius 3 is 2.13 bits per heavy atom. The molecule has 0 unspecified atom stereocenters. The van der Waals surface area contributed by atoms with Crippen molar-refractivity contribution in [3.8, 4) is 17.2 Å². The van der Waals surface area contributed by atoms with Gasteiger partial charge in [0.15, 0.2) is 11.5 Å². The highest BCUT2D eigenvalue weighted by atomic mass is 16.5. The number of carbonyl (C=O) groups excluding carboxylic acids is 1. The SMILES string of the molecule is COc1cc(CNC(=O)c2ccccc2OCCC(C)C)ccc1OCCC(C)C. The van der Waals surface area contributed by atoms with Crippen molar-refractivity contribution in [3.63, 3.8) is 0 Å². The zero-order chi connectivity index (χ0) is 21.9. The predicted octanol–water partition coefficient (Wildman–Crippen LogP) is 5.48. The highest BCUT2D eigenvalue weighted by Crippen LogP contribution is 2.28. The molecule has 5 heteroatoms. The van der Waals surface area contributed by atoms with Gasteiger partial charge in [0.25, 0.3) is 5.91 Å². The number of amides is 1. The Morgan fingerprint density at radius 2 is 1.50 bits per heavy atom. The van der Waals surface area contributed by atoms with E-state index in [9.17, 15) is 4.79 Å². The molecule has 0 fully saturated rings. The lowest BCUT2D eigenvalue weighted by atomic mass is 10.1. The molecule has 0 saturated heterocycles. The zero-order valence-electron chi connectivity index (χ0n) is 18.9. The summed E-state index contributed by atoms with van der Waals surface area (Å²) in [6.07, 6.45) is 1.93. The molecule has 0 aliphatic heterocycles. The molecular formula is C25H35NO4. The second-order valence-corrected chi connectivity index (χ2v) is 8.23. The average molecular weight is 414 g/mol. The van der Waals surface area contributed by atoms with Crippen LogP contribution >= 0.6 is 0 Å². The summed E-state index contributed by atoms with van der Waals surface area (Å²) >= 11 is 0. The molecule has 0 aliphatic carbocycles. The number of methoxy groups -OCH3 is 1. The zero-order valence-corrected chi connectivity index (χ0v) is 18.9. The minimum atomic E-state index is -0.161.